The minimum absolute atomic E-state index is 0.200. The van der Waals surface area contributed by atoms with Crippen molar-refractivity contribution in [2.75, 3.05) is 11.6 Å². The van der Waals surface area contributed by atoms with Crippen molar-refractivity contribution >= 4 is 44.6 Å². The van der Waals surface area contributed by atoms with Crippen molar-refractivity contribution in [2.24, 2.45) is 0 Å². The van der Waals surface area contributed by atoms with Crippen LogP contribution < -0.4 is 5.32 Å². The van der Waals surface area contributed by atoms with E-state index in [0.29, 0.717) is 32.8 Å². The molecule has 1 amide bonds. The van der Waals surface area contributed by atoms with E-state index in [4.69, 9.17) is 28.3 Å². The van der Waals surface area contributed by atoms with E-state index in [-0.39, 0.29) is 10.8 Å². The topological polar surface area (TPSA) is 81.1 Å². The maximum atomic E-state index is 12.1. The first-order valence-corrected chi connectivity index (χ1v) is 12.5. The molecule has 4 aromatic rings. The zero-order chi connectivity index (χ0) is 23.8. The second-order valence-electron chi connectivity index (χ2n) is 7.45. The van der Waals surface area contributed by atoms with Crippen LogP contribution in [0.2, 0.25) is 10.0 Å². The number of benzene rings is 3. The van der Waals surface area contributed by atoms with Gasteiger partial charge >= 0.3 is 0 Å². The number of sulfone groups is 1. The van der Waals surface area contributed by atoms with E-state index in [1.807, 2.05) is 24.3 Å². The van der Waals surface area contributed by atoms with Crippen molar-refractivity contribution in [3.63, 3.8) is 0 Å². The highest BCUT2D eigenvalue weighted by molar-refractivity contribution is 7.90. The first-order chi connectivity index (χ1) is 15.6. The third kappa shape index (κ3) is 4.95. The van der Waals surface area contributed by atoms with Crippen LogP contribution in [0.3, 0.4) is 0 Å². The van der Waals surface area contributed by atoms with Crippen LogP contribution in [-0.2, 0) is 14.6 Å². The van der Waals surface area contributed by atoms with Crippen LogP contribution in [-0.4, -0.2) is 30.4 Å². The zero-order valence-electron chi connectivity index (χ0n) is 17.7. The summed E-state index contributed by atoms with van der Waals surface area (Å²) in [4.78, 5) is 12.3. The number of nitrogens with one attached hydrogen (secondary N) is 1. The lowest BCUT2D eigenvalue weighted by atomic mass is 10.1. The van der Waals surface area contributed by atoms with Gasteiger partial charge in [-0.05, 0) is 48.5 Å². The summed E-state index contributed by atoms with van der Waals surface area (Å²) in [6.45, 7) is 1.43. The molecule has 0 unspecified atom stereocenters. The Bertz CT molecular complexity index is 1430. The number of hydrogen-bond donors (Lipinski definition) is 1. The standard InChI is InChI=1S/C24H19Cl2N3O3S/c1-15(30)27-23-22(16-3-7-18(25)8-4-16)28-29(24(23)17-5-9-19(26)10-6-17)20-11-13-21(14-12-20)33(2,31)32/h3-14H,1-2H3,(H,27,30). The van der Waals surface area contributed by atoms with Crippen molar-refractivity contribution in [3.8, 4) is 28.2 Å². The summed E-state index contributed by atoms with van der Waals surface area (Å²) in [6.07, 6.45) is 1.16. The number of nitrogens with zero attached hydrogens (tertiary/aromatic N) is 2. The molecule has 0 spiro atoms. The number of amides is 1. The van der Waals surface area contributed by atoms with Gasteiger partial charge in [0.2, 0.25) is 5.91 Å². The average molecular weight is 500 g/mol. The molecule has 0 fully saturated rings. The van der Waals surface area contributed by atoms with Gasteiger partial charge in [-0.25, -0.2) is 13.1 Å². The smallest absolute Gasteiger partial charge is 0.221 e. The number of carbonyl (C=O) groups excluding carboxylic acids is 1. The third-order valence-corrected chi connectivity index (χ3v) is 6.56. The number of hydrogen-bond acceptors (Lipinski definition) is 4. The van der Waals surface area contributed by atoms with Gasteiger partial charge in [-0.15, -0.1) is 0 Å². The maximum Gasteiger partial charge on any atom is 0.221 e. The highest BCUT2D eigenvalue weighted by atomic mass is 35.5. The van der Waals surface area contributed by atoms with E-state index in [1.54, 1.807) is 41.1 Å². The molecule has 0 bridgehead atoms. The third-order valence-electron chi connectivity index (χ3n) is 4.93. The summed E-state index contributed by atoms with van der Waals surface area (Å²) in [5, 5.41) is 8.86. The summed E-state index contributed by atoms with van der Waals surface area (Å²) in [5.74, 6) is -0.257. The Kier molecular flexibility index (Phi) is 6.30. The summed E-state index contributed by atoms with van der Waals surface area (Å²) in [7, 11) is -3.35. The van der Waals surface area contributed by atoms with Crippen molar-refractivity contribution in [1.82, 2.24) is 9.78 Å². The first-order valence-electron chi connectivity index (χ1n) is 9.86. The SMILES string of the molecule is CC(=O)Nc1c(-c2ccc(Cl)cc2)nn(-c2ccc(S(C)(=O)=O)cc2)c1-c1ccc(Cl)cc1. The van der Waals surface area contributed by atoms with Crippen molar-refractivity contribution in [3.05, 3.63) is 82.8 Å². The lowest BCUT2D eigenvalue weighted by Gasteiger charge is -2.11. The first kappa shape index (κ1) is 23.0. The average Bonchev–Trinajstić information content (AvgIpc) is 3.13. The number of rotatable bonds is 5. The van der Waals surface area contributed by atoms with Crippen LogP contribution in [0, 0.1) is 0 Å². The maximum absolute atomic E-state index is 12.1. The lowest BCUT2D eigenvalue weighted by molar-refractivity contribution is -0.114. The molecule has 0 aliphatic heterocycles. The quantitative estimate of drug-likeness (QED) is 0.371. The van der Waals surface area contributed by atoms with Gasteiger partial charge in [-0.3, -0.25) is 4.79 Å². The van der Waals surface area contributed by atoms with Gasteiger partial charge in [0.05, 0.1) is 22.0 Å². The Morgan fingerprint density at radius 3 is 1.85 bits per heavy atom. The number of carbonyl (C=O) groups is 1. The van der Waals surface area contributed by atoms with Gasteiger partial charge < -0.3 is 5.32 Å². The fraction of sp³-hybridized carbons (Fsp3) is 0.0833. The van der Waals surface area contributed by atoms with E-state index >= 15 is 0 Å². The molecule has 1 N–H and O–H groups in total. The summed E-state index contributed by atoms with van der Waals surface area (Å²) >= 11 is 12.2. The Morgan fingerprint density at radius 2 is 1.36 bits per heavy atom. The van der Waals surface area contributed by atoms with E-state index in [1.165, 1.54) is 19.1 Å². The summed E-state index contributed by atoms with van der Waals surface area (Å²) in [5.41, 5.74) is 3.82. The van der Waals surface area contributed by atoms with Crippen LogP contribution in [0.25, 0.3) is 28.2 Å². The molecule has 4 rings (SSSR count). The molecule has 0 radical (unpaired) electrons. The number of anilines is 1. The van der Waals surface area contributed by atoms with Crippen molar-refractivity contribution < 1.29 is 13.2 Å². The molecule has 0 saturated carbocycles. The molecule has 6 nitrogen and oxygen atoms in total. The summed E-state index contributed by atoms with van der Waals surface area (Å²) in [6, 6.07) is 20.7. The molecule has 0 atom stereocenters. The van der Waals surface area contributed by atoms with E-state index in [0.717, 1.165) is 17.4 Å². The predicted octanol–water partition coefficient (Wildman–Crippen LogP) is 5.88. The molecule has 9 heteroatoms. The second kappa shape index (κ2) is 9.02. The monoisotopic (exact) mass is 499 g/mol. The highest BCUT2D eigenvalue weighted by Gasteiger charge is 2.23. The molecule has 33 heavy (non-hydrogen) atoms. The van der Waals surface area contributed by atoms with Gasteiger partial charge in [0.15, 0.2) is 9.84 Å². The second-order valence-corrected chi connectivity index (χ2v) is 10.3. The molecule has 1 aromatic heterocycles. The molecule has 168 valence electrons. The minimum atomic E-state index is -3.35. The zero-order valence-corrected chi connectivity index (χ0v) is 20.0. The van der Waals surface area contributed by atoms with E-state index < -0.39 is 9.84 Å². The Hall–Kier alpha value is -3.13. The molecule has 0 aliphatic carbocycles. The fourth-order valence-electron chi connectivity index (χ4n) is 3.42. The van der Waals surface area contributed by atoms with Crippen LogP contribution >= 0.6 is 23.2 Å². The largest absolute Gasteiger partial charge is 0.323 e. The van der Waals surface area contributed by atoms with E-state index in [2.05, 4.69) is 5.32 Å². The van der Waals surface area contributed by atoms with Crippen molar-refractivity contribution in [1.29, 1.82) is 0 Å². The molecular weight excluding hydrogens is 481 g/mol. The normalized spacial score (nSPS) is 11.4. The van der Waals surface area contributed by atoms with Gasteiger partial charge in [-0.2, -0.15) is 5.10 Å². The van der Waals surface area contributed by atoms with Gasteiger partial charge in [0, 0.05) is 34.4 Å². The minimum Gasteiger partial charge on any atom is -0.323 e. The van der Waals surface area contributed by atoms with Gasteiger partial charge in [-0.1, -0.05) is 47.5 Å². The Balaban J connectivity index is 2.00. The van der Waals surface area contributed by atoms with Gasteiger partial charge in [0.25, 0.3) is 0 Å². The fourth-order valence-corrected chi connectivity index (χ4v) is 4.30. The summed E-state index contributed by atoms with van der Waals surface area (Å²) < 4.78 is 25.5. The Labute approximate surface area is 201 Å². The molecule has 0 aliphatic rings. The lowest BCUT2D eigenvalue weighted by Crippen LogP contribution is -2.08. The van der Waals surface area contributed by atoms with Crippen LogP contribution in [0.4, 0.5) is 5.69 Å². The van der Waals surface area contributed by atoms with Crippen LogP contribution in [0.5, 0.6) is 0 Å². The number of aromatic nitrogens is 2. The molecule has 1 heterocycles. The molecule has 0 saturated heterocycles. The van der Waals surface area contributed by atoms with E-state index in [9.17, 15) is 13.2 Å². The predicted molar refractivity (Wildman–Crippen MR) is 132 cm³/mol. The van der Waals surface area contributed by atoms with Crippen LogP contribution in [0.15, 0.2) is 77.7 Å². The molecule has 3 aromatic carbocycles. The van der Waals surface area contributed by atoms with Gasteiger partial charge in [0.1, 0.15) is 5.69 Å². The van der Waals surface area contributed by atoms with Crippen molar-refractivity contribution in [2.45, 2.75) is 11.8 Å². The number of halogens is 2. The van der Waals surface area contributed by atoms with Crippen LogP contribution in [0.1, 0.15) is 6.92 Å². The Morgan fingerprint density at radius 1 is 0.848 bits per heavy atom. The highest BCUT2D eigenvalue weighted by Crippen LogP contribution is 2.39. The molecular formula is C24H19Cl2N3O3S.